The Hall–Kier alpha value is -5.69. The lowest BCUT2D eigenvalue weighted by molar-refractivity contribution is -0.150. The Morgan fingerprint density at radius 3 is 2.32 bits per heavy atom. The number of amides is 1. The number of nitrogens with one attached hydrogen (secondary N) is 1. The molecular formula is C34H34FN5O7. The summed E-state index contributed by atoms with van der Waals surface area (Å²) >= 11 is 0. The van der Waals surface area contributed by atoms with Crippen LogP contribution in [0, 0.1) is 12.7 Å². The summed E-state index contributed by atoms with van der Waals surface area (Å²) < 4.78 is 40.3. The summed E-state index contributed by atoms with van der Waals surface area (Å²) in [6.07, 6.45) is 0.850. The number of aromatic nitrogens is 3. The number of anilines is 1. The molecule has 47 heavy (non-hydrogen) atoms. The van der Waals surface area contributed by atoms with Gasteiger partial charge in [0, 0.05) is 29.4 Å². The fourth-order valence-corrected chi connectivity index (χ4v) is 5.05. The first kappa shape index (κ1) is 32.7. The Labute approximate surface area is 269 Å². The molecule has 2 atom stereocenters. The zero-order valence-electron chi connectivity index (χ0n) is 26.4. The Morgan fingerprint density at radius 1 is 0.957 bits per heavy atom. The minimum Gasteiger partial charge on any atom is -0.493 e. The Kier molecular flexibility index (Phi) is 9.56. The first-order chi connectivity index (χ1) is 22.5. The van der Waals surface area contributed by atoms with Gasteiger partial charge in [0.2, 0.25) is 0 Å². The molecule has 0 radical (unpaired) electrons. The van der Waals surface area contributed by atoms with Gasteiger partial charge in [-0.3, -0.25) is 24.0 Å². The van der Waals surface area contributed by atoms with Crippen molar-refractivity contribution in [3.63, 3.8) is 0 Å². The number of pyridine rings is 1. The van der Waals surface area contributed by atoms with Crippen molar-refractivity contribution in [3.05, 3.63) is 100 Å². The van der Waals surface area contributed by atoms with Crippen molar-refractivity contribution in [1.29, 1.82) is 0 Å². The summed E-state index contributed by atoms with van der Waals surface area (Å²) in [7, 11) is 3.01. The van der Waals surface area contributed by atoms with Gasteiger partial charge >= 0.3 is 5.97 Å². The fraction of sp³-hybridized carbons (Fsp3) is 0.235. The second-order valence-corrected chi connectivity index (χ2v) is 10.8. The van der Waals surface area contributed by atoms with Crippen LogP contribution in [-0.2, 0) is 16.1 Å². The first-order valence-corrected chi connectivity index (χ1v) is 14.7. The number of benzene rings is 3. The normalized spacial score (nSPS) is 12.3. The van der Waals surface area contributed by atoms with E-state index in [1.165, 1.54) is 44.2 Å². The van der Waals surface area contributed by atoms with Gasteiger partial charge < -0.3 is 30.0 Å². The highest BCUT2D eigenvalue weighted by molar-refractivity contribution is 6.05. The van der Waals surface area contributed by atoms with Crippen molar-refractivity contribution in [1.82, 2.24) is 14.3 Å². The number of nitrogens with two attached hydrogens (primary N) is 1. The van der Waals surface area contributed by atoms with Gasteiger partial charge in [-0.25, -0.2) is 9.07 Å². The van der Waals surface area contributed by atoms with E-state index >= 15 is 4.39 Å². The minimum absolute atomic E-state index is 0.0602. The molecule has 0 aliphatic rings. The van der Waals surface area contributed by atoms with E-state index < -0.39 is 35.4 Å². The molecule has 0 fully saturated rings. The van der Waals surface area contributed by atoms with Crippen LogP contribution in [-0.4, -0.2) is 52.6 Å². The van der Waals surface area contributed by atoms with Crippen molar-refractivity contribution in [2.24, 2.45) is 5.73 Å². The number of halogens is 1. The molecule has 0 aliphatic heterocycles. The van der Waals surface area contributed by atoms with Crippen LogP contribution in [0.2, 0.25) is 0 Å². The van der Waals surface area contributed by atoms with Crippen LogP contribution >= 0.6 is 0 Å². The molecule has 5 rings (SSSR count). The Balaban J connectivity index is 1.42. The molecule has 1 unspecified atom stereocenters. The van der Waals surface area contributed by atoms with E-state index in [1.54, 1.807) is 67.1 Å². The molecule has 3 aromatic carbocycles. The molecule has 5 aromatic rings. The van der Waals surface area contributed by atoms with Crippen LogP contribution in [0.1, 0.15) is 29.9 Å². The summed E-state index contributed by atoms with van der Waals surface area (Å²) in [5.74, 6) is -0.941. The number of nitrogens with zero attached hydrogens (tertiary/aromatic N) is 3. The highest BCUT2D eigenvalue weighted by Crippen LogP contribution is 2.37. The third kappa shape index (κ3) is 6.79. The second-order valence-electron chi connectivity index (χ2n) is 10.8. The van der Waals surface area contributed by atoms with Gasteiger partial charge in [0.05, 0.1) is 37.7 Å². The standard InChI is InChI=1S/C34H34FN5O7/c1-19(46-34(43)20(2)36)18-39-21(3)31(33(42)40(39)23-9-7-6-8-10-23)32(41)38-22-11-12-28(25(35)15-22)47-27-13-14-37-26-17-30(45-5)29(44-4)16-24(26)27/h6-17,19-20H,18,36H2,1-5H3,(H,38,41)/t19-,20?/m1/s1. The number of hydrogen-bond donors (Lipinski definition) is 2. The maximum absolute atomic E-state index is 15.3. The lowest BCUT2D eigenvalue weighted by Crippen LogP contribution is -2.34. The molecule has 0 bridgehead atoms. The molecule has 1 amide bonds. The lowest BCUT2D eigenvalue weighted by Gasteiger charge is -2.19. The summed E-state index contributed by atoms with van der Waals surface area (Å²) in [5.41, 5.74) is 6.34. The van der Waals surface area contributed by atoms with Crippen LogP contribution < -0.4 is 30.8 Å². The number of esters is 1. The van der Waals surface area contributed by atoms with E-state index in [-0.39, 0.29) is 23.5 Å². The van der Waals surface area contributed by atoms with Gasteiger partial charge in [-0.1, -0.05) is 18.2 Å². The number of methoxy groups -OCH3 is 2. The zero-order chi connectivity index (χ0) is 33.8. The molecule has 13 heteroatoms. The van der Waals surface area contributed by atoms with Crippen LogP contribution in [0.5, 0.6) is 23.0 Å². The minimum atomic E-state index is -0.824. The molecule has 0 saturated heterocycles. The quantitative estimate of drug-likeness (QED) is 0.190. The maximum atomic E-state index is 15.3. The first-order valence-electron chi connectivity index (χ1n) is 14.7. The smallest absolute Gasteiger partial charge is 0.322 e. The van der Waals surface area contributed by atoms with Gasteiger partial charge in [-0.05, 0) is 57.2 Å². The van der Waals surface area contributed by atoms with Crippen LogP contribution in [0.25, 0.3) is 16.6 Å². The maximum Gasteiger partial charge on any atom is 0.322 e. The largest absolute Gasteiger partial charge is 0.493 e. The summed E-state index contributed by atoms with van der Waals surface area (Å²) in [6.45, 7) is 4.84. The summed E-state index contributed by atoms with van der Waals surface area (Å²) in [4.78, 5) is 43.7. The van der Waals surface area contributed by atoms with Gasteiger partial charge in [0.1, 0.15) is 23.5 Å². The van der Waals surface area contributed by atoms with Gasteiger partial charge in [-0.2, -0.15) is 0 Å². The number of ether oxygens (including phenoxy) is 4. The third-order valence-corrected chi connectivity index (χ3v) is 7.36. The van der Waals surface area contributed by atoms with Crippen molar-refractivity contribution < 1.29 is 32.9 Å². The van der Waals surface area contributed by atoms with Gasteiger partial charge in [0.15, 0.2) is 23.1 Å². The number of fused-ring (bicyclic) bond motifs is 1. The number of hydrogen-bond acceptors (Lipinski definition) is 9. The fourth-order valence-electron chi connectivity index (χ4n) is 5.05. The van der Waals surface area contributed by atoms with Crippen molar-refractivity contribution >= 4 is 28.5 Å². The number of para-hydroxylation sites is 1. The molecule has 0 spiro atoms. The molecule has 244 valence electrons. The average Bonchev–Trinajstić information content (AvgIpc) is 3.29. The molecule has 12 nitrogen and oxygen atoms in total. The highest BCUT2D eigenvalue weighted by Gasteiger charge is 2.26. The van der Waals surface area contributed by atoms with Gasteiger partial charge in [0.25, 0.3) is 11.5 Å². The molecule has 0 saturated carbocycles. The van der Waals surface area contributed by atoms with Crippen LogP contribution in [0.15, 0.2) is 77.7 Å². The monoisotopic (exact) mass is 643 g/mol. The van der Waals surface area contributed by atoms with Crippen LogP contribution in [0.4, 0.5) is 10.1 Å². The van der Waals surface area contributed by atoms with Gasteiger partial charge in [-0.15, -0.1) is 0 Å². The lowest BCUT2D eigenvalue weighted by atomic mass is 10.1. The van der Waals surface area contributed by atoms with E-state index in [1.807, 2.05) is 0 Å². The number of carbonyl (C=O) groups is 2. The van der Waals surface area contributed by atoms with E-state index in [9.17, 15) is 14.4 Å². The topological polar surface area (TPSA) is 149 Å². The van der Waals surface area contributed by atoms with E-state index in [0.29, 0.717) is 39.5 Å². The molecule has 2 aromatic heterocycles. The van der Waals surface area contributed by atoms with E-state index in [0.717, 1.165) is 6.07 Å². The molecular weight excluding hydrogens is 609 g/mol. The van der Waals surface area contributed by atoms with Crippen molar-refractivity contribution in [3.8, 4) is 28.7 Å². The predicted octanol–water partition coefficient (Wildman–Crippen LogP) is 4.98. The summed E-state index contributed by atoms with van der Waals surface area (Å²) in [6, 6.07) is 16.8. The SMILES string of the molecule is COc1cc2nccc(Oc3ccc(NC(=O)c4c(C)n(C[C@@H](C)OC(=O)C(C)N)n(-c5ccccc5)c4=O)cc3F)c2cc1OC. The second kappa shape index (κ2) is 13.7. The average molecular weight is 644 g/mol. The van der Waals surface area contributed by atoms with E-state index in [4.69, 9.17) is 24.7 Å². The Morgan fingerprint density at radius 2 is 1.66 bits per heavy atom. The highest BCUT2D eigenvalue weighted by atomic mass is 19.1. The predicted molar refractivity (Wildman–Crippen MR) is 173 cm³/mol. The molecule has 0 aliphatic carbocycles. The third-order valence-electron chi connectivity index (χ3n) is 7.36. The van der Waals surface area contributed by atoms with Crippen molar-refractivity contribution in [2.75, 3.05) is 19.5 Å². The van der Waals surface area contributed by atoms with Crippen LogP contribution in [0.3, 0.4) is 0 Å². The molecule has 3 N–H and O–H groups in total. The van der Waals surface area contributed by atoms with Crippen molar-refractivity contribution in [2.45, 2.75) is 39.5 Å². The van der Waals surface area contributed by atoms with E-state index in [2.05, 4.69) is 10.3 Å². The number of rotatable bonds is 11. The number of carbonyl (C=O) groups excluding carboxylic acids is 2. The molecule has 2 heterocycles. The zero-order valence-corrected chi connectivity index (χ0v) is 26.4. The Bertz CT molecular complexity index is 2010. The summed E-state index contributed by atoms with van der Waals surface area (Å²) in [5, 5.41) is 3.19.